The molecule has 2 aliphatic rings. The molecular formula is C20H18ClNO2. The fraction of sp³-hybridized carbons (Fsp3) is 0.250. The van der Waals surface area contributed by atoms with Crippen LogP contribution in [0.25, 0.3) is 0 Å². The Morgan fingerprint density at radius 1 is 1.21 bits per heavy atom. The fourth-order valence-electron chi connectivity index (χ4n) is 3.97. The lowest BCUT2D eigenvalue weighted by molar-refractivity contribution is 0.0697. The van der Waals surface area contributed by atoms with E-state index in [2.05, 4.69) is 24.4 Å². The highest BCUT2D eigenvalue weighted by Gasteiger charge is 2.39. The second kappa shape index (κ2) is 5.67. The minimum Gasteiger partial charge on any atom is -0.478 e. The number of carboxylic acids is 1. The highest BCUT2D eigenvalue weighted by Crippen LogP contribution is 2.52. The van der Waals surface area contributed by atoms with Crippen LogP contribution in [0.1, 0.15) is 45.4 Å². The van der Waals surface area contributed by atoms with E-state index in [9.17, 15) is 4.79 Å². The number of halogens is 1. The molecule has 0 radical (unpaired) electrons. The van der Waals surface area contributed by atoms with E-state index in [-0.39, 0.29) is 6.04 Å². The molecule has 1 heterocycles. The van der Waals surface area contributed by atoms with Crippen molar-refractivity contribution in [2.24, 2.45) is 5.92 Å². The Kier molecular flexibility index (Phi) is 3.61. The molecule has 2 aromatic carbocycles. The molecule has 3 atom stereocenters. The molecule has 0 fully saturated rings. The summed E-state index contributed by atoms with van der Waals surface area (Å²) in [5.74, 6) is -0.197. The lowest BCUT2D eigenvalue weighted by atomic mass is 9.76. The maximum absolute atomic E-state index is 11.1. The number of fused-ring (bicyclic) bond motifs is 3. The fourth-order valence-corrected chi connectivity index (χ4v) is 4.26. The minimum atomic E-state index is -0.897. The molecule has 4 rings (SSSR count). The second-order valence-corrected chi connectivity index (χ2v) is 6.96. The number of hydrogen-bond donors (Lipinski definition) is 2. The molecule has 0 saturated heterocycles. The number of carbonyl (C=O) groups is 1. The lowest BCUT2D eigenvalue weighted by Crippen LogP contribution is -2.29. The van der Waals surface area contributed by atoms with Gasteiger partial charge in [0, 0.05) is 22.2 Å². The van der Waals surface area contributed by atoms with Gasteiger partial charge in [-0.15, -0.1) is 0 Å². The molecule has 2 N–H and O–H groups in total. The van der Waals surface area contributed by atoms with E-state index in [1.165, 1.54) is 11.1 Å². The van der Waals surface area contributed by atoms with Crippen LogP contribution in [0.5, 0.6) is 0 Å². The predicted molar refractivity (Wildman–Crippen MR) is 95.9 cm³/mol. The third kappa shape index (κ3) is 2.31. The van der Waals surface area contributed by atoms with Crippen LogP contribution in [-0.4, -0.2) is 11.1 Å². The molecule has 3 nitrogen and oxygen atoms in total. The number of aromatic carboxylic acids is 1. The molecule has 1 aliphatic heterocycles. The molecule has 0 spiro atoms. The highest BCUT2D eigenvalue weighted by molar-refractivity contribution is 6.32. The predicted octanol–water partition coefficient (Wildman–Crippen LogP) is 5.17. The van der Waals surface area contributed by atoms with Gasteiger partial charge in [-0.3, -0.25) is 0 Å². The van der Waals surface area contributed by atoms with Gasteiger partial charge in [-0.25, -0.2) is 4.79 Å². The molecule has 0 saturated carbocycles. The van der Waals surface area contributed by atoms with E-state index < -0.39 is 5.97 Å². The zero-order valence-corrected chi connectivity index (χ0v) is 14.0. The van der Waals surface area contributed by atoms with Crippen molar-refractivity contribution >= 4 is 23.3 Å². The first-order chi connectivity index (χ1) is 11.6. The number of carboxylic acid groups (broad SMARTS) is 1. The van der Waals surface area contributed by atoms with Crippen molar-refractivity contribution < 1.29 is 9.90 Å². The topological polar surface area (TPSA) is 49.3 Å². The van der Waals surface area contributed by atoms with Crippen LogP contribution >= 0.6 is 11.6 Å². The van der Waals surface area contributed by atoms with Gasteiger partial charge in [-0.2, -0.15) is 0 Å². The van der Waals surface area contributed by atoms with Gasteiger partial charge in [-0.1, -0.05) is 42.0 Å². The first-order valence-corrected chi connectivity index (χ1v) is 8.49. The third-order valence-electron chi connectivity index (χ3n) is 5.19. The van der Waals surface area contributed by atoms with Crippen LogP contribution in [0.4, 0.5) is 5.69 Å². The third-order valence-corrected chi connectivity index (χ3v) is 5.52. The van der Waals surface area contributed by atoms with Gasteiger partial charge in [0.2, 0.25) is 0 Å². The summed E-state index contributed by atoms with van der Waals surface area (Å²) in [6.07, 6.45) is 5.48. The Morgan fingerprint density at radius 2 is 1.96 bits per heavy atom. The Morgan fingerprint density at radius 3 is 2.67 bits per heavy atom. The van der Waals surface area contributed by atoms with Gasteiger partial charge >= 0.3 is 5.97 Å². The van der Waals surface area contributed by atoms with Gasteiger partial charge in [0.25, 0.3) is 0 Å². The van der Waals surface area contributed by atoms with Crippen molar-refractivity contribution in [3.63, 3.8) is 0 Å². The summed E-state index contributed by atoms with van der Waals surface area (Å²) in [4.78, 5) is 11.1. The molecule has 2 aromatic rings. The van der Waals surface area contributed by atoms with E-state index in [1.807, 2.05) is 24.3 Å². The molecule has 122 valence electrons. The summed E-state index contributed by atoms with van der Waals surface area (Å²) < 4.78 is 0. The summed E-state index contributed by atoms with van der Waals surface area (Å²) in [7, 11) is 0. The van der Waals surface area contributed by atoms with Crippen LogP contribution in [0.3, 0.4) is 0 Å². The number of hydrogen-bond acceptors (Lipinski definition) is 2. The first-order valence-electron chi connectivity index (χ1n) is 8.11. The summed E-state index contributed by atoms with van der Waals surface area (Å²) >= 11 is 6.49. The van der Waals surface area contributed by atoms with Crippen molar-refractivity contribution in [1.29, 1.82) is 0 Å². The number of anilines is 1. The Balaban J connectivity index is 1.78. The monoisotopic (exact) mass is 339 g/mol. The molecule has 0 amide bonds. The Bertz CT molecular complexity index is 841. The van der Waals surface area contributed by atoms with Crippen molar-refractivity contribution in [1.82, 2.24) is 0 Å². The van der Waals surface area contributed by atoms with Crippen LogP contribution < -0.4 is 5.32 Å². The summed E-state index contributed by atoms with van der Waals surface area (Å²) in [6.45, 7) is 2.09. The number of nitrogens with one attached hydrogen (secondary N) is 1. The van der Waals surface area contributed by atoms with Gasteiger partial charge in [-0.05, 0) is 48.6 Å². The van der Waals surface area contributed by atoms with Crippen LogP contribution in [0, 0.1) is 12.8 Å². The number of allylic oxidation sites excluding steroid dienone is 2. The number of benzene rings is 2. The first kappa shape index (κ1) is 15.3. The quantitative estimate of drug-likeness (QED) is 0.742. The zero-order chi connectivity index (χ0) is 16.8. The van der Waals surface area contributed by atoms with Crippen molar-refractivity contribution in [2.45, 2.75) is 25.3 Å². The number of aryl methyl sites for hydroxylation is 1. The maximum Gasteiger partial charge on any atom is 0.335 e. The molecule has 4 heteroatoms. The summed E-state index contributed by atoms with van der Waals surface area (Å²) in [6, 6.07) is 11.4. The number of rotatable bonds is 2. The van der Waals surface area contributed by atoms with Crippen molar-refractivity contribution in [3.05, 3.63) is 75.8 Å². The molecular weight excluding hydrogens is 322 g/mol. The molecule has 24 heavy (non-hydrogen) atoms. The standard InChI is InChI=1S/C20H18ClNO2/c1-11-5-10-16(21)17-14-3-2-4-15(14)19(22-18(11)17)12-6-8-13(9-7-12)20(23)24/h2-3,5-10,14-15,19,22H,4H2,1H3,(H,23,24)/t14-,15+,19-/m1/s1. The summed E-state index contributed by atoms with van der Waals surface area (Å²) in [5, 5.41) is 13.6. The van der Waals surface area contributed by atoms with Crippen LogP contribution in [0.2, 0.25) is 5.02 Å². The van der Waals surface area contributed by atoms with E-state index in [0.717, 1.165) is 22.7 Å². The van der Waals surface area contributed by atoms with E-state index in [4.69, 9.17) is 16.7 Å². The minimum absolute atomic E-state index is 0.150. The zero-order valence-electron chi connectivity index (χ0n) is 13.3. The van der Waals surface area contributed by atoms with Crippen molar-refractivity contribution in [2.75, 3.05) is 5.32 Å². The second-order valence-electron chi connectivity index (χ2n) is 6.56. The van der Waals surface area contributed by atoms with Gasteiger partial charge in [0.05, 0.1) is 11.6 Å². The molecule has 0 aromatic heterocycles. The highest BCUT2D eigenvalue weighted by atomic mass is 35.5. The Hall–Kier alpha value is -2.26. The van der Waals surface area contributed by atoms with E-state index >= 15 is 0 Å². The van der Waals surface area contributed by atoms with E-state index in [1.54, 1.807) is 12.1 Å². The Labute approximate surface area is 146 Å². The van der Waals surface area contributed by atoms with Gasteiger partial charge < -0.3 is 10.4 Å². The SMILES string of the molecule is Cc1ccc(Cl)c2c1N[C@H](c1ccc(C(=O)O)cc1)[C@H]1CC=C[C@@H]21. The van der Waals surface area contributed by atoms with Gasteiger partial charge in [0.1, 0.15) is 0 Å². The molecule has 0 unspecified atom stereocenters. The summed E-state index contributed by atoms with van der Waals surface area (Å²) in [5.41, 5.74) is 4.91. The van der Waals surface area contributed by atoms with E-state index in [0.29, 0.717) is 17.4 Å². The molecule has 0 bridgehead atoms. The van der Waals surface area contributed by atoms with Gasteiger partial charge in [0.15, 0.2) is 0 Å². The average Bonchev–Trinajstić information content (AvgIpc) is 3.07. The smallest absolute Gasteiger partial charge is 0.335 e. The normalized spacial score (nSPS) is 24.2. The van der Waals surface area contributed by atoms with Crippen molar-refractivity contribution in [3.8, 4) is 0 Å². The maximum atomic E-state index is 11.1. The van der Waals surface area contributed by atoms with Crippen LogP contribution in [0.15, 0.2) is 48.6 Å². The largest absolute Gasteiger partial charge is 0.478 e. The lowest BCUT2D eigenvalue weighted by Gasteiger charge is -2.38. The average molecular weight is 340 g/mol. The molecule has 1 aliphatic carbocycles. The van der Waals surface area contributed by atoms with Crippen LogP contribution in [-0.2, 0) is 0 Å².